The quantitative estimate of drug-likeness (QED) is 0.588. The second-order valence-corrected chi connectivity index (χ2v) is 4.65. The minimum absolute atomic E-state index is 0.0658. The van der Waals surface area contributed by atoms with Gasteiger partial charge in [-0.3, -0.25) is 4.79 Å². The first-order chi connectivity index (χ1) is 10.7. The van der Waals surface area contributed by atoms with E-state index in [1.807, 2.05) is 0 Å². The van der Waals surface area contributed by atoms with E-state index in [-0.39, 0.29) is 17.4 Å². The molecule has 0 saturated carbocycles. The molecule has 1 aliphatic rings. The molecule has 0 unspecified atom stereocenters. The Hall–Kier alpha value is -2.37. The van der Waals surface area contributed by atoms with E-state index in [0.717, 1.165) is 32.5 Å². The molecule has 4 N–H and O–H groups in total. The maximum absolute atomic E-state index is 12.0. The summed E-state index contributed by atoms with van der Waals surface area (Å²) in [5, 5.41) is 17.9. The lowest BCUT2D eigenvalue weighted by molar-refractivity contribution is -0.655. The van der Waals surface area contributed by atoms with Crippen molar-refractivity contribution in [2.24, 2.45) is 0 Å². The number of nitrogen functional groups attached to an aromatic ring is 1. The number of carbonyl (C=O) groups excluding carboxylic acids is 2. The molecule has 0 aromatic carbocycles. The lowest BCUT2D eigenvalue weighted by atomic mass is 10.2. The van der Waals surface area contributed by atoms with Crippen LogP contribution in [0.1, 0.15) is 23.3 Å². The van der Waals surface area contributed by atoms with Gasteiger partial charge in [-0.15, -0.1) is 0 Å². The minimum Gasteiger partial charge on any atom is -0.542 e. The number of aliphatic carboxylic acids is 1. The van der Waals surface area contributed by atoms with Gasteiger partial charge in [0.1, 0.15) is 5.97 Å². The van der Waals surface area contributed by atoms with Gasteiger partial charge in [-0.1, -0.05) is 0 Å². The third-order valence-electron chi connectivity index (χ3n) is 2.92. The van der Waals surface area contributed by atoms with Gasteiger partial charge in [-0.2, -0.15) is 13.2 Å². The lowest BCUT2D eigenvalue weighted by Crippen LogP contribution is -2.86. The maximum Gasteiger partial charge on any atom is 0.430 e. The minimum atomic E-state index is -5.19. The molecule has 130 valence electrons. The molecule has 0 atom stereocenters. The molecule has 0 spiro atoms. The molecule has 1 aromatic heterocycles. The van der Waals surface area contributed by atoms with E-state index in [4.69, 9.17) is 15.6 Å². The number of hydrogen-bond donors (Lipinski definition) is 2. The number of quaternary nitrogens is 1. The molecule has 23 heavy (non-hydrogen) atoms. The summed E-state index contributed by atoms with van der Waals surface area (Å²) in [6.45, 7) is 3.51. The van der Waals surface area contributed by atoms with Crippen LogP contribution in [0, 0.1) is 0 Å². The molecule has 1 saturated heterocycles. The number of rotatable bonds is 1. The number of nitrogens with two attached hydrogens (primary N) is 2. The monoisotopic (exact) mass is 339 g/mol. The second-order valence-electron chi connectivity index (χ2n) is 4.65. The van der Waals surface area contributed by atoms with Crippen LogP contribution in [0.4, 0.5) is 19.0 Å². The van der Waals surface area contributed by atoms with Gasteiger partial charge >= 0.3 is 6.18 Å². The van der Waals surface area contributed by atoms with Crippen molar-refractivity contribution in [3.63, 3.8) is 0 Å². The van der Waals surface area contributed by atoms with Crippen molar-refractivity contribution in [2.75, 3.05) is 31.9 Å². The highest BCUT2D eigenvalue weighted by molar-refractivity contribution is 5.96. The third-order valence-corrected chi connectivity index (χ3v) is 2.92. The number of carboxylic acids is 1. The van der Waals surface area contributed by atoms with Gasteiger partial charge in [-0.05, 0) is 23.2 Å². The van der Waals surface area contributed by atoms with Crippen molar-refractivity contribution in [2.45, 2.75) is 19.0 Å². The van der Waals surface area contributed by atoms with Crippen LogP contribution in [0.15, 0.2) is 4.63 Å². The number of aromatic nitrogens is 2. The molecule has 1 aliphatic heterocycles. The fraction of sp³-hybridized carbons (Fsp3) is 0.636. The Morgan fingerprint density at radius 1 is 1.22 bits per heavy atom. The zero-order valence-electron chi connectivity index (χ0n) is 12.0. The maximum atomic E-state index is 12.0. The molecule has 2 rings (SSSR count). The summed E-state index contributed by atoms with van der Waals surface area (Å²) in [6.07, 6.45) is -3.07. The number of anilines is 1. The molecule has 2 heterocycles. The first kappa shape index (κ1) is 18.7. The largest absolute Gasteiger partial charge is 0.542 e. The van der Waals surface area contributed by atoms with E-state index < -0.39 is 12.1 Å². The van der Waals surface area contributed by atoms with Crippen molar-refractivity contribution in [3.8, 4) is 0 Å². The van der Waals surface area contributed by atoms with Gasteiger partial charge in [0.15, 0.2) is 0 Å². The zero-order chi connectivity index (χ0) is 17.5. The van der Waals surface area contributed by atoms with Crippen molar-refractivity contribution >= 4 is 17.7 Å². The number of amides is 1. The topological polar surface area (TPSA) is 142 Å². The SMILES string of the molecule is Nc1nonc1C(=O)N1CCCC[NH2+]CC1.O=C([O-])C(F)(F)F. The van der Waals surface area contributed by atoms with Gasteiger partial charge in [-0.25, -0.2) is 4.63 Å². The summed E-state index contributed by atoms with van der Waals surface area (Å²) in [6, 6.07) is 0. The van der Waals surface area contributed by atoms with Gasteiger partial charge in [0, 0.05) is 6.54 Å². The Bertz CT molecular complexity index is 526. The van der Waals surface area contributed by atoms with Crippen molar-refractivity contribution in [3.05, 3.63) is 5.69 Å². The number of nitrogens with zero attached hydrogens (tertiary/aromatic N) is 3. The highest BCUT2D eigenvalue weighted by Crippen LogP contribution is 2.11. The van der Waals surface area contributed by atoms with Crippen LogP contribution in [-0.4, -0.2) is 59.4 Å². The van der Waals surface area contributed by atoms with Gasteiger partial charge in [0.05, 0.1) is 19.6 Å². The normalized spacial score (nSPS) is 15.9. The summed E-state index contributed by atoms with van der Waals surface area (Å²) in [5.41, 5.74) is 5.62. The van der Waals surface area contributed by atoms with Crippen molar-refractivity contribution in [1.29, 1.82) is 0 Å². The molecule has 0 aliphatic carbocycles. The summed E-state index contributed by atoms with van der Waals surface area (Å²) < 4.78 is 36.0. The Labute approximate surface area is 128 Å². The van der Waals surface area contributed by atoms with E-state index in [0.29, 0.717) is 6.54 Å². The van der Waals surface area contributed by atoms with Crippen LogP contribution >= 0.6 is 0 Å². The zero-order valence-corrected chi connectivity index (χ0v) is 12.0. The van der Waals surface area contributed by atoms with Crippen LogP contribution < -0.4 is 16.2 Å². The van der Waals surface area contributed by atoms with E-state index in [2.05, 4.69) is 20.3 Å². The van der Waals surface area contributed by atoms with Gasteiger partial charge in [0.2, 0.25) is 11.5 Å². The van der Waals surface area contributed by atoms with Crippen LogP contribution in [0.3, 0.4) is 0 Å². The lowest BCUT2D eigenvalue weighted by Gasteiger charge is -2.22. The summed E-state index contributed by atoms with van der Waals surface area (Å²) in [7, 11) is 0. The molecule has 9 nitrogen and oxygen atoms in total. The first-order valence-electron chi connectivity index (χ1n) is 6.70. The van der Waals surface area contributed by atoms with E-state index in [1.54, 1.807) is 4.90 Å². The molecule has 12 heteroatoms. The summed E-state index contributed by atoms with van der Waals surface area (Å²) >= 11 is 0. The van der Waals surface area contributed by atoms with Crippen LogP contribution in [0.25, 0.3) is 0 Å². The average Bonchev–Trinajstić information content (AvgIpc) is 2.83. The molecular formula is C11H16F3N5O4. The van der Waals surface area contributed by atoms with Crippen molar-refractivity contribution < 1.29 is 37.8 Å². The highest BCUT2D eigenvalue weighted by Gasteiger charge is 2.28. The standard InChI is InChI=1S/C9H15N5O2.C2HF3O2/c10-8-7(12-16-13-8)9(15)14-5-2-1-3-11-4-6-14;3-2(4,5)1(6)7/h11H,1-6H2,(H2,10,13);(H,6,7). The fourth-order valence-electron chi connectivity index (χ4n) is 1.79. The molecule has 0 bridgehead atoms. The van der Waals surface area contributed by atoms with E-state index >= 15 is 0 Å². The smallest absolute Gasteiger partial charge is 0.430 e. The molecule has 0 radical (unpaired) electrons. The number of halogens is 3. The van der Waals surface area contributed by atoms with Gasteiger partial charge < -0.3 is 25.9 Å². The molecule has 1 amide bonds. The second kappa shape index (κ2) is 8.31. The van der Waals surface area contributed by atoms with E-state index in [1.165, 1.54) is 0 Å². The van der Waals surface area contributed by atoms with Crippen LogP contribution in [0.2, 0.25) is 0 Å². The van der Waals surface area contributed by atoms with Crippen LogP contribution in [-0.2, 0) is 4.79 Å². The van der Waals surface area contributed by atoms with Crippen molar-refractivity contribution in [1.82, 2.24) is 15.2 Å². The Morgan fingerprint density at radius 2 is 1.87 bits per heavy atom. The third kappa shape index (κ3) is 6.10. The first-order valence-corrected chi connectivity index (χ1v) is 6.70. The number of carbonyl (C=O) groups is 2. The Kier molecular flexibility index (Phi) is 6.75. The Balaban J connectivity index is 0.000000322. The summed E-state index contributed by atoms with van der Waals surface area (Å²) in [4.78, 5) is 22.6. The predicted molar refractivity (Wildman–Crippen MR) is 66.6 cm³/mol. The fourth-order valence-corrected chi connectivity index (χ4v) is 1.79. The molecular weight excluding hydrogens is 323 g/mol. The molecule has 1 fully saturated rings. The number of carboxylic acid groups (broad SMARTS) is 1. The average molecular weight is 339 g/mol. The molecule has 1 aromatic rings. The van der Waals surface area contributed by atoms with E-state index in [9.17, 15) is 18.0 Å². The highest BCUT2D eigenvalue weighted by atomic mass is 19.4. The number of hydrogen-bond acceptors (Lipinski definition) is 7. The van der Waals surface area contributed by atoms with Crippen LogP contribution in [0.5, 0.6) is 0 Å². The number of alkyl halides is 3. The Morgan fingerprint density at radius 3 is 2.39 bits per heavy atom. The summed E-state index contributed by atoms with van der Waals surface area (Å²) in [5.74, 6) is -3.13. The predicted octanol–water partition coefficient (Wildman–Crippen LogP) is -2.25. The van der Waals surface area contributed by atoms with Gasteiger partial charge in [0.25, 0.3) is 5.91 Å².